The number of nitrogens with zero attached hydrogens (tertiary/aromatic N) is 2. The zero-order valence-electron chi connectivity index (χ0n) is 10.3. The van der Waals surface area contributed by atoms with E-state index in [0.717, 1.165) is 18.9 Å². The van der Waals surface area contributed by atoms with Crippen LogP contribution >= 0.6 is 11.3 Å². The quantitative estimate of drug-likeness (QED) is 0.921. The van der Waals surface area contributed by atoms with Gasteiger partial charge in [0.1, 0.15) is 5.82 Å². The molecule has 0 spiro atoms. The molecule has 4 heteroatoms. The van der Waals surface area contributed by atoms with Crippen LogP contribution in [0, 0.1) is 0 Å². The van der Waals surface area contributed by atoms with Gasteiger partial charge in [-0.25, -0.2) is 4.98 Å². The lowest BCUT2D eigenvalue weighted by molar-refractivity contribution is 0.938. The standard InChI is InChI=1S/C14H17N3S/c15-8-13-7-12(10-18-13)11-3-4-14(16-9-11)17-5-1-2-6-17/h3-4,7,9-10H,1-2,5-6,8,15H2. The predicted octanol–water partition coefficient (Wildman–Crippen LogP) is 2.87. The summed E-state index contributed by atoms with van der Waals surface area (Å²) in [6, 6.07) is 6.43. The molecule has 18 heavy (non-hydrogen) atoms. The second-order valence-electron chi connectivity index (χ2n) is 4.61. The van der Waals surface area contributed by atoms with Gasteiger partial charge in [0.25, 0.3) is 0 Å². The maximum absolute atomic E-state index is 5.64. The van der Waals surface area contributed by atoms with Gasteiger partial charge in [-0.3, -0.25) is 0 Å². The van der Waals surface area contributed by atoms with Gasteiger partial charge >= 0.3 is 0 Å². The monoisotopic (exact) mass is 259 g/mol. The fraction of sp³-hybridized carbons (Fsp3) is 0.357. The van der Waals surface area contributed by atoms with E-state index in [-0.39, 0.29) is 0 Å². The summed E-state index contributed by atoms with van der Waals surface area (Å²) in [5.74, 6) is 1.10. The minimum atomic E-state index is 0.615. The summed E-state index contributed by atoms with van der Waals surface area (Å²) in [6.45, 7) is 2.90. The van der Waals surface area contributed by atoms with E-state index in [4.69, 9.17) is 5.73 Å². The summed E-state index contributed by atoms with van der Waals surface area (Å²) in [7, 11) is 0. The molecule has 0 atom stereocenters. The number of anilines is 1. The molecule has 2 N–H and O–H groups in total. The van der Waals surface area contributed by atoms with E-state index >= 15 is 0 Å². The zero-order valence-corrected chi connectivity index (χ0v) is 11.1. The summed E-state index contributed by atoms with van der Waals surface area (Å²) in [5, 5.41) is 2.15. The van der Waals surface area contributed by atoms with Gasteiger partial charge in [0.15, 0.2) is 0 Å². The number of rotatable bonds is 3. The van der Waals surface area contributed by atoms with Crippen molar-refractivity contribution in [1.82, 2.24) is 4.98 Å². The Bertz CT molecular complexity index is 512. The summed E-state index contributed by atoms with van der Waals surface area (Å²) < 4.78 is 0. The molecule has 0 amide bonds. The van der Waals surface area contributed by atoms with Crippen molar-refractivity contribution in [3.8, 4) is 11.1 Å². The van der Waals surface area contributed by atoms with Crippen LogP contribution in [0.1, 0.15) is 17.7 Å². The van der Waals surface area contributed by atoms with Crippen LogP contribution in [0.15, 0.2) is 29.8 Å². The first kappa shape index (κ1) is 11.7. The van der Waals surface area contributed by atoms with Gasteiger partial charge in [-0.15, -0.1) is 11.3 Å². The van der Waals surface area contributed by atoms with Crippen molar-refractivity contribution in [2.24, 2.45) is 5.73 Å². The van der Waals surface area contributed by atoms with Crippen LogP contribution in [-0.2, 0) is 6.54 Å². The highest BCUT2D eigenvalue weighted by atomic mass is 32.1. The van der Waals surface area contributed by atoms with E-state index in [2.05, 4.69) is 33.5 Å². The topological polar surface area (TPSA) is 42.1 Å². The van der Waals surface area contributed by atoms with Gasteiger partial charge in [-0.2, -0.15) is 0 Å². The number of pyridine rings is 1. The van der Waals surface area contributed by atoms with Crippen LogP contribution in [0.4, 0.5) is 5.82 Å². The van der Waals surface area contributed by atoms with Gasteiger partial charge in [0.2, 0.25) is 0 Å². The van der Waals surface area contributed by atoms with E-state index in [9.17, 15) is 0 Å². The molecule has 3 heterocycles. The molecule has 3 nitrogen and oxygen atoms in total. The van der Waals surface area contributed by atoms with E-state index < -0.39 is 0 Å². The smallest absolute Gasteiger partial charge is 0.128 e. The second kappa shape index (κ2) is 5.08. The van der Waals surface area contributed by atoms with Crippen molar-refractivity contribution in [2.45, 2.75) is 19.4 Å². The molecule has 0 aliphatic carbocycles. The number of hydrogen-bond acceptors (Lipinski definition) is 4. The Morgan fingerprint density at radius 2 is 2.06 bits per heavy atom. The van der Waals surface area contributed by atoms with Gasteiger partial charge in [0.05, 0.1) is 0 Å². The normalized spacial score (nSPS) is 15.3. The Morgan fingerprint density at radius 1 is 1.22 bits per heavy atom. The molecule has 1 aliphatic heterocycles. The summed E-state index contributed by atoms with van der Waals surface area (Å²) in [6.07, 6.45) is 4.54. The lowest BCUT2D eigenvalue weighted by Crippen LogP contribution is -2.18. The highest BCUT2D eigenvalue weighted by Gasteiger charge is 2.13. The number of thiophene rings is 1. The maximum Gasteiger partial charge on any atom is 0.128 e. The first-order valence-corrected chi connectivity index (χ1v) is 7.23. The molecule has 0 saturated carbocycles. The SMILES string of the molecule is NCc1cc(-c2ccc(N3CCCC3)nc2)cs1. The minimum Gasteiger partial charge on any atom is -0.357 e. The molecule has 1 saturated heterocycles. The average Bonchev–Trinajstić information content (AvgIpc) is 3.10. The molecule has 2 aromatic rings. The highest BCUT2D eigenvalue weighted by Crippen LogP contribution is 2.26. The summed E-state index contributed by atoms with van der Waals surface area (Å²) >= 11 is 1.71. The van der Waals surface area contributed by atoms with Crippen molar-refractivity contribution < 1.29 is 0 Å². The van der Waals surface area contributed by atoms with E-state index in [1.54, 1.807) is 11.3 Å². The number of hydrogen-bond donors (Lipinski definition) is 1. The van der Waals surface area contributed by atoms with Crippen molar-refractivity contribution in [2.75, 3.05) is 18.0 Å². The van der Waals surface area contributed by atoms with Gasteiger partial charge in [-0.1, -0.05) is 0 Å². The Morgan fingerprint density at radius 3 is 2.67 bits per heavy atom. The average molecular weight is 259 g/mol. The molecule has 94 valence electrons. The Balaban J connectivity index is 1.81. The van der Waals surface area contributed by atoms with Crippen molar-refractivity contribution in [3.05, 3.63) is 34.7 Å². The molecule has 0 bridgehead atoms. The van der Waals surface area contributed by atoms with E-state index in [1.165, 1.54) is 28.8 Å². The molecular weight excluding hydrogens is 242 g/mol. The highest BCUT2D eigenvalue weighted by molar-refractivity contribution is 7.10. The van der Waals surface area contributed by atoms with Crippen LogP contribution in [0.2, 0.25) is 0 Å². The van der Waals surface area contributed by atoms with Crippen molar-refractivity contribution in [1.29, 1.82) is 0 Å². The van der Waals surface area contributed by atoms with Crippen LogP contribution in [0.3, 0.4) is 0 Å². The molecular formula is C14H17N3S. The molecule has 1 aliphatic rings. The van der Waals surface area contributed by atoms with Crippen LogP contribution in [-0.4, -0.2) is 18.1 Å². The molecule has 0 unspecified atom stereocenters. The first-order valence-electron chi connectivity index (χ1n) is 6.35. The van der Waals surface area contributed by atoms with Crippen LogP contribution < -0.4 is 10.6 Å². The van der Waals surface area contributed by atoms with E-state index in [0.29, 0.717) is 6.54 Å². The van der Waals surface area contributed by atoms with E-state index in [1.807, 2.05) is 6.20 Å². The third-order valence-corrected chi connectivity index (χ3v) is 4.33. The van der Waals surface area contributed by atoms with Crippen molar-refractivity contribution in [3.63, 3.8) is 0 Å². The Hall–Kier alpha value is -1.39. The molecule has 1 fully saturated rings. The van der Waals surface area contributed by atoms with Crippen molar-refractivity contribution >= 4 is 17.2 Å². The molecule has 0 radical (unpaired) electrons. The van der Waals surface area contributed by atoms with Crippen LogP contribution in [0.25, 0.3) is 11.1 Å². The van der Waals surface area contributed by atoms with Crippen LogP contribution in [0.5, 0.6) is 0 Å². The fourth-order valence-electron chi connectivity index (χ4n) is 2.33. The maximum atomic E-state index is 5.64. The summed E-state index contributed by atoms with van der Waals surface area (Å²) in [4.78, 5) is 8.14. The number of nitrogens with two attached hydrogens (primary N) is 1. The minimum absolute atomic E-state index is 0.615. The largest absolute Gasteiger partial charge is 0.357 e. The third kappa shape index (κ3) is 2.26. The Kier molecular flexibility index (Phi) is 3.30. The molecule has 3 rings (SSSR count). The Labute approximate surface area is 111 Å². The van der Waals surface area contributed by atoms with Gasteiger partial charge in [-0.05, 0) is 42.0 Å². The lowest BCUT2D eigenvalue weighted by Gasteiger charge is -2.16. The van der Waals surface area contributed by atoms with Gasteiger partial charge < -0.3 is 10.6 Å². The zero-order chi connectivity index (χ0) is 12.4. The lowest BCUT2D eigenvalue weighted by atomic mass is 10.1. The number of aromatic nitrogens is 1. The second-order valence-corrected chi connectivity index (χ2v) is 5.60. The first-order chi connectivity index (χ1) is 8.86. The third-order valence-electron chi connectivity index (χ3n) is 3.37. The molecule has 2 aromatic heterocycles. The van der Waals surface area contributed by atoms with Gasteiger partial charge in [0, 0.05) is 36.3 Å². The fourth-order valence-corrected chi connectivity index (χ4v) is 3.10. The molecule has 0 aromatic carbocycles. The summed E-state index contributed by atoms with van der Waals surface area (Å²) in [5.41, 5.74) is 8.03. The predicted molar refractivity (Wildman–Crippen MR) is 76.9 cm³/mol.